The lowest BCUT2D eigenvalue weighted by Crippen LogP contribution is -2.29. The molecular formula is C15H24N4O2. The van der Waals surface area contributed by atoms with Crippen LogP contribution in [0.15, 0.2) is 24.3 Å². The van der Waals surface area contributed by atoms with Gasteiger partial charge in [-0.25, -0.2) is 0 Å². The van der Waals surface area contributed by atoms with E-state index in [1.807, 2.05) is 36.2 Å². The Morgan fingerprint density at radius 2 is 1.67 bits per heavy atom. The van der Waals surface area contributed by atoms with Crippen LogP contribution in [0.1, 0.15) is 18.4 Å². The number of amides is 2. The molecule has 21 heavy (non-hydrogen) atoms. The second-order valence-corrected chi connectivity index (χ2v) is 4.93. The number of nitrogens with two attached hydrogens (primary N) is 1. The minimum Gasteiger partial charge on any atom is -0.359 e. The van der Waals surface area contributed by atoms with Crippen LogP contribution >= 0.6 is 0 Å². The van der Waals surface area contributed by atoms with Crippen LogP contribution in [0.25, 0.3) is 0 Å². The molecule has 6 nitrogen and oxygen atoms in total. The standard InChI is InChI=1S/C15H24N4O2/c1-17-14(20)7-9-19(2)10-8-15(21)18-13-5-3-12(11-16)4-6-13/h3-6H,7-11,16H2,1-2H3,(H,17,20)(H,18,21). The van der Waals surface area contributed by atoms with E-state index in [1.165, 1.54) is 0 Å². The highest BCUT2D eigenvalue weighted by atomic mass is 16.2. The molecule has 0 aliphatic rings. The zero-order chi connectivity index (χ0) is 15.7. The summed E-state index contributed by atoms with van der Waals surface area (Å²) >= 11 is 0. The molecule has 1 aromatic carbocycles. The zero-order valence-electron chi connectivity index (χ0n) is 12.7. The molecule has 0 aliphatic heterocycles. The average molecular weight is 292 g/mol. The van der Waals surface area contributed by atoms with Crippen molar-refractivity contribution in [3.05, 3.63) is 29.8 Å². The van der Waals surface area contributed by atoms with E-state index in [2.05, 4.69) is 10.6 Å². The SMILES string of the molecule is CNC(=O)CCN(C)CCC(=O)Nc1ccc(CN)cc1. The van der Waals surface area contributed by atoms with Gasteiger partial charge in [0.1, 0.15) is 0 Å². The molecule has 0 aromatic heterocycles. The molecule has 0 heterocycles. The van der Waals surface area contributed by atoms with Crippen molar-refractivity contribution in [3.63, 3.8) is 0 Å². The maximum Gasteiger partial charge on any atom is 0.225 e. The zero-order valence-corrected chi connectivity index (χ0v) is 12.7. The number of nitrogens with zero attached hydrogens (tertiary/aromatic N) is 1. The summed E-state index contributed by atoms with van der Waals surface area (Å²) < 4.78 is 0. The Morgan fingerprint density at radius 1 is 1.10 bits per heavy atom. The molecule has 1 rings (SSSR count). The minimum absolute atomic E-state index is 0.00583. The summed E-state index contributed by atoms with van der Waals surface area (Å²) in [7, 11) is 3.51. The fourth-order valence-corrected chi connectivity index (χ4v) is 1.77. The van der Waals surface area contributed by atoms with Crippen LogP contribution in [0.3, 0.4) is 0 Å². The maximum absolute atomic E-state index is 11.8. The van der Waals surface area contributed by atoms with E-state index in [9.17, 15) is 9.59 Å². The quantitative estimate of drug-likeness (QED) is 0.652. The van der Waals surface area contributed by atoms with Crippen LogP contribution in [0, 0.1) is 0 Å². The van der Waals surface area contributed by atoms with Crippen molar-refractivity contribution >= 4 is 17.5 Å². The van der Waals surface area contributed by atoms with E-state index in [4.69, 9.17) is 5.73 Å². The molecule has 6 heteroatoms. The molecule has 0 atom stereocenters. The van der Waals surface area contributed by atoms with Gasteiger partial charge in [0.15, 0.2) is 0 Å². The fraction of sp³-hybridized carbons (Fsp3) is 0.467. The predicted molar refractivity (Wildman–Crippen MR) is 83.8 cm³/mol. The molecule has 2 amide bonds. The normalized spacial score (nSPS) is 10.5. The van der Waals surface area contributed by atoms with Gasteiger partial charge in [-0.05, 0) is 24.7 Å². The number of carbonyl (C=O) groups excluding carboxylic acids is 2. The van der Waals surface area contributed by atoms with Gasteiger partial charge in [0, 0.05) is 45.2 Å². The van der Waals surface area contributed by atoms with E-state index in [-0.39, 0.29) is 11.8 Å². The van der Waals surface area contributed by atoms with Gasteiger partial charge in [-0.2, -0.15) is 0 Å². The van der Waals surface area contributed by atoms with Gasteiger partial charge in [0.05, 0.1) is 0 Å². The second kappa shape index (κ2) is 9.10. The molecule has 0 saturated heterocycles. The van der Waals surface area contributed by atoms with Gasteiger partial charge in [-0.15, -0.1) is 0 Å². The van der Waals surface area contributed by atoms with Crippen molar-refractivity contribution in [1.29, 1.82) is 0 Å². The summed E-state index contributed by atoms with van der Waals surface area (Å²) in [5, 5.41) is 5.41. The van der Waals surface area contributed by atoms with Crippen LogP contribution in [0.2, 0.25) is 0 Å². The van der Waals surface area contributed by atoms with Crippen molar-refractivity contribution < 1.29 is 9.59 Å². The smallest absolute Gasteiger partial charge is 0.225 e. The lowest BCUT2D eigenvalue weighted by Gasteiger charge is -2.15. The van der Waals surface area contributed by atoms with Crippen LogP contribution in [0.5, 0.6) is 0 Å². The highest BCUT2D eigenvalue weighted by Gasteiger charge is 2.07. The molecule has 116 valence electrons. The minimum atomic E-state index is -0.0395. The maximum atomic E-state index is 11.8. The van der Waals surface area contributed by atoms with E-state index >= 15 is 0 Å². The van der Waals surface area contributed by atoms with Crippen LogP contribution in [-0.4, -0.2) is 43.9 Å². The molecule has 0 bridgehead atoms. The van der Waals surface area contributed by atoms with E-state index in [1.54, 1.807) is 7.05 Å². The van der Waals surface area contributed by atoms with Gasteiger partial charge in [-0.1, -0.05) is 12.1 Å². The molecule has 0 aliphatic carbocycles. The third-order valence-corrected chi connectivity index (χ3v) is 3.19. The van der Waals surface area contributed by atoms with Crippen LogP contribution in [-0.2, 0) is 16.1 Å². The van der Waals surface area contributed by atoms with Crippen molar-refractivity contribution in [2.24, 2.45) is 5.73 Å². The average Bonchev–Trinajstić information content (AvgIpc) is 2.51. The van der Waals surface area contributed by atoms with Gasteiger partial charge in [-0.3, -0.25) is 9.59 Å². The molecule has 0 unspecified atom stereocenters. The Morgan fingerprint density at radius 3 is 2.19 bits per heavy atom. The van der Waals surface area contributed by atoms with E-state index < -0.39 is 0 Å². The van der Waals surface area contributed by atoms with Crippen molar-refractivity contribution in [2.75, 3.05) is 32.5 Å². The lowest BCUT2D eigenvalue weighted by atomic mass is 10.2. The lowest BCUT2D eigenvalue weighted by molar-refractivity contribution is -0.120. The highest BCUT2D eigenvalue weighted by Crippen LogP contribution is 2.09. The monoisotopic (exact) mass is 292 g/mol. The molecule has 0 spiro atoms. The molecule has 0 saturated carbocycles. The van der Waals surface area contributed by atoms with Gasteiger partial charge < -0.3 is 21.3 Å². The molecule has 0 radical (unpaired) electrons. The van der Waals surface area contributed by atoms with Gasteiger partial charge >= 0.3 is 0 Å². The van der Waals surface area contributed by atoms with E-state index in [0.717, 1.165) is 11.3 Å². The van der Waals surface area contributed by atoms with Crippen molar-refractivity contribution in [3.8, 4) is 0 Å². The summed E-state index contributed by atoms with van der Waals surface area (Å²) in [6.45, 7) is 1.74. The molecule has 4 N–H and O–H groups in total. The Hall–Kier alpha value is -1.92. The summed E-state index contributed by atoms with van der Waals surface area (Å²) in [4.78, 5) is 24.9. The van der Waals surface area contributed by atoms with Gasteiger partial charge in [0.25, 0.3) is 0 Å². The summed E-state index contributed by atoms with van der Waals surface area (Å²) in [6, 6.07) is 7.47. The van der Waals surface area contributed by atoms with Crippen LogP contribution in [0.4, 0.5) is 5.69 Å². The summed E-state index contributed by atoms with van der Waals surface area (Å²) in [6.07, 6.45) is 0.831. The first-order valence-electron chi connectivity index (χ1n) is 7.03. The topological polar surface area (TPSA) is 87.5 Å². The number of carbonyl (C=O) groups is 2. The number of anilines is 1. The largest absolute Gasteiger partial charge is 0.359 e. The van der Waals surface area contributed by atoms with Gasteiger partial charge in [0.2, 0.25) is 11.8 Å². The fourth-order valence-electron chi connectivity index (χ4n) is 1.77. The van der Waals surface area contributed by atoms with Crippen LogP contribution < -0.4 is 16.4 Å². The molecular weight excluding hydrogens is 268 g/mol. The number of benzene rings is 1. The third-order valence-electron chi connectivity index (χ3n) is 3.19. The Labute approximate surface area is 125 Å². The number of rotatable bonds is 8. The first kappa shape index (κ1) is 17.1. The predicted octanol–water partition coefficient (Wildman–Crippen LogP) is 0.542. The number of nitrogens with one attached hydrogen (secondary N) is 2. The second-order valence-electron chi connectivity index (χ2n) is 4.93. The number of hydrogen-bond donors (Lipinski definition) is 3. The molecule has 0 fully saturated rings. The van der Waals surface area contributed by atoms with Crippen molar-refractivity contribution in [1.82, 2.24) is 10.2 Å². The number of hydrogen-bond acceptors (Lipinski definition) is 4. The highest BCUT2D eigenvalue weighted by molar-refractivity contribution is 5.90. The summed E-state index contributed by atoms with van der Waals surface area (Å²) in [5.74, 6) is -0.0337. The third kappa shape index (κ3) is 6.87. The Balaban J connectivity index is 2.28. The van der Waals surface area contributed by atoms with E-state index in [0.29, 0.717) is 32.5 Å². The first-order valence-corrected chi connectivity index (χ1v) is 7.03. The Kier molecular flexibility index (Phi) is 7.42. The first-order chi connectivity index (χ1) is 10.0. The molecule has 1 aromatic rings. The Bertz CT molecular complexity index is 459. The summed E-state index contributed by atoms with van der Waals surface area (Å²) in [5.41, 5.74) is 7.32. The van der Waals surface area contributed by atoms with Crippen molar-refractivity contribution in [2.45, 2.75) is 19.4 Å².